The second-order valence-corrected chi connectivity index (χ2v) is 10.6. The SMILES string of the molecule is CN1CCN(C(=O)C[C@@H](c2cc3ccccc3[nH]c2=O)c2c(O)c(O)c(O)c3c(=O)cc(-c4ccccc4)oc23)CC1. The third kappa shape index (κ3) is 4.75. The maximum Gasteiger partial charge on any atom is 0.252 e. The zero-order chi connectivity index (χ0) is 29.5. The maximum absolute atomic E-state index is 13.7. The maximum atomic E-state index is 13.7. The molecule has 1 atom stereocenters. The normalized spacial score (nSPS) is 14.8. The number of carbonyl (C=O) groups is 1. The Labute approximate surface area is 239 Å². The number of para-hydroxylation sites is 1. The van der Waals surface area contributed by atoms with Crippen LogP contribution in [-0.2, 0) is 4.79 Å². The molecule has 1 aliphatic rings. The van der Waals surface area contributed by atoms with Crippen molar-refractivity contribution in [3.8, 4) is 28.6 Å². The summed E-state index contributed by atoms with van der Waals surface area (Å²) in [5.41, 5.74) is -0.270. The van der Waals surface area contributed by atoms with Crippen LogP contribution < -0.4 is 11.0 Å². The van der Waals surface area contributed by atoms with Gasteiger partial charge in [0.2, 0.25) is 11.7 Å². The number of benzene rings is 3. The van der Waals surface area contributed by atoms with Gasteiger partial charge in [0.05, 0.1) is 0 Å². The van der Waals surface area contributed by atoms with Crippen molar-refractivity contribution >= 4 is 27.8 Å². The first kappa shape index (κ1) is 27.1. The number of aromatic hydroxyl groups is 3. The van der Waals surface area contributed by atoms with Gasteiger partial charge in [-0.25, -0.2) is 0 Å². The first-order valence-corrected chi connectivity index (χ1v) is 13.6. The Hall–Kier alpha value is -5.09. The van der Waals surface area contributed by atoms with Crippen molar-refractivity contribution in [3.63, 3.8) is 0 Å². The number of piperazine rings is 1. The molecule has 1 amide bonds. The van der Waals surface area contributed by atoms with E-state index in [0.29, 0.717) is 42.6 Å². The molecule has 3 aromatic carbocycles. The standard InChI is InChI=1S/C32H29N3O7/c1-34-11-13-35(14-12-34)25(37)16-20(21-15-19-9-5-6-10-22(19)33-32(21)41)26-28(38)30(40)29(39)27-23(36)17-24(42-31(26)27)18-7-3-2-4-8-18/h2-10,15,17,20,38-40H,11-14,16H2,1H3,(H,33,41)/t20-/m0/s1. The minimum atomic E-state index is -1.14. The molecule has 10 nitrogen and oxygen atoms in total. The number of amides is 1. The largest absolute Gasteiger partial charge is 0.504 e. The van der Waals surface area contributed by atoms with E-state index < -0.39 is 34.2 Å². The van der Waals surface area contributed by atoms with E-state index in [1.165, 1.54) is 6.07 Å². The summed E-state index contributed by atoms with van der Waals surface area (Å²) in [5, 5.41) is 33.1. The van der Waals surface area contributed by atoms with Crippen LogP contribution in [0.2, 0.25) is 0 Å². The lowest BCUT2D eigenvalue weighted by atomic mass is 9.85. The van der Waals surface area contributed by atoms with Crippen LogP contribution in [0.15, 0.2) is 80.7 Å². The van der Waals surface area contributed by atoms with Crippen LogP contribution in [0.1, 0.15) is 23.5 Å². The molecule has 1 fully saturated rings. The highest BCUT2D eigenvalue weighted by Gasteiger charge is 2.34. The molecule has 0 bridgehead atoms. The molecule has 0 unspecified atom stereocenters. The van der Waals surface area contributed by atoms with E-state index in [1.54, 1.807) is 65.6 Å². The second kappa shape index (κ2) is 10.7. The molecule has 5 aromatic rings. The van der Waals surface area contributed by atoms with Crippen LogP contribution in [0.5, 0.6) is 17.2 Å². The highest BCUT2D eigenvalue weighted by Crippen LogP contribution is 2.49. The summed E-state index contributed by atoms with van der Waals surface area (Å²) in [6, 6.07) is 18.7. The van der Waals surface area contributed by atoms with Gasteiger partial charge < -0.3 is 34.5 Å². The van der Waals surface area contributed by atoms with E-state index >= 15 is 0 Å². The van der Waals surface area contributed by atoms with Crippen LogP contribution >= 0.6 is 0 Å². The van der Waals surface area contributed by atoms with Crippen LogP contribution in [0.3, 0.4) is 0 Å². The molecule has 0 saturated carbocycles. The molecular formula is C32H29N3O7. The second-order valence-electron chi connectivity index (χ2n) is 10.6. The van der Waals surface area contributed by atoms with Crippen molar-refractivity contribution in [1.82, 2.24) is 14.8 Å². The van der Waals surface area contributed by atoms with Gasteiger partial charge in [-0.2, -0.15) is 0 Å². The zero-order valence-corrected chi connectivity index (χ0v) is 22.8. The molecule has 2 aromatic heterocycles. The molecular weight excluding hydrogens is 538 g/mol. The molecule has 0 spiro atoms. The predicted molar refractivity (Wildman–Crippen MR) is 158 cm³/mol. The van der Waals surface area contributed by atoms with Gasteiger partial charge >= 0.3 is 0 Å². The first-order chi connectivity index (χ1) is 20.2. The Morgan fingerprint density at radius 1 is 0.905 bits per heavy atom. The Morgan fingerprint density at radius 2 is 1.60 bits per heavy atom. The lowest BCUT2D eigenvalue weighted by molar-refractivity contribution is -0.133. The van der Waals surface area contributed by atoms with E-state index in [-0.39, 0.29) is 40.2 Å². The van der Waals surface area contributed by atoms with E-state index in [9.17, 15) is 29.7 Å². The number of nitrogens with zero attached hydrogens (tertiary/aromatic N) is 2. The fraction of sp³-hybridized carbons (Fsp3) is 0.219. The minimum absolute atomic E-state index is 0.130. The Morgan fingerprint density at radius 3 is 2.33 bits per heavy atom. The number of hydrogen-bond acceptors (Lipinski definition) is 8. The van der Waals surface area contributed by atoms with E-state index in [1.807, 2.05) is 7.05 Å². The fourth-order valence-corrected chi connectivity index (χ4v) is 5.59. The van der Waals surface area contributed by atoms with Gasteiger partial charge in [0.15, 0.2) is 16.9 Å². The molecule has 4 N–H and O–H groups in total. The van der Waals surface area contributed by atoms with Gasteiger partial charge in [-0.1, -0.05) is 48.5 Å². The molecule has 6 rings (SSSR count). The van der Waals surface area contributed by atoms with Crippen LogP contribution in [0.4, 0.5) is 0 Å². The highest BCUT2D eigenvalue weighted by atomic mass is 16.3. The average molecular weight is 568 g/mol. The number of carbonyl (C=O) groups excluding carboxylic acids is 1. The number of pyridine rings is 1. The van der Waals surface area contributed by atoms with Crippen LogP contribution in [0.25, 0.3) is 33.2 Å². The van der Waals surface area contributed by atoms with Crippen molar-refractivity contribution in [1.29, 1.82) is 0 Å². The molecule has 1 saturated heterocycles. The molecule has 42 heavy (non-hydrogen) atoms. The molecule has 0 radical (unpaired) electrons. The number of hydrogen-bond donors (Lipinski definition) is 4. The predicted octanol–water partition coefficient (Wildman–Crippen LogP) is 3.71. The number of H-pyrrole nitrogens is 1. The summed E-state index contributed by atoms with van der Waals surface area (Å²) in [6.45, 7) is 2.32. The van der Waals surface area contributed by atoms with Gasteiger partial charge in [0.25, 0.3) is 5.56 Å². The van der Waals surface area contributed by atoms with Gasteiger partial charge in [-0.05, 0) is 24.6 Å². The van der Waals surface area contributed by atoms with Crippen molar-refractivity contribution in [3.05, 3.63) is 98.4 Å². The summed E-state index contributed by atoms with van der Waals surface area (Å²) in [4.78, 5) is 47.2. The Balaban J connectivity index is 1.62. The summed E-state index contributed by atoms with van der Waals surface area (Å²) in [5.74, 6) is -3.84. The van der Waals surface area contributed by atoms with Crippen LogP contribution in [-0.4, -0.2) is 69.2 Å². The molecule has 0 aliphatic carbocycles. The molecule has 1 aliphatic heterocycles. The monoisotopic (exact) mass is 567 g/mol. The Bertz CT molecular complexity index is 1940. The lowest BCUT2D eigenvalue weighted by Gasteiger charge is -2.33. The van der Waals surface area contributed by atoms with Crippen molar-refractivity contribution < 1.29 is 24.5 Å². The number of phenolic OH excluding ortho intramolecular Hbond substituents is 3. The van der Waals surface area contributed by atoms with Crippen molar-refractivity contribution in [2.45, 2.75) is 12.3 Å². The molecule has 214 valence electrons. The number of phenols is 3. The zero-order valence-electron chi connectivity index (χ0n) is 22.8. The third-order valence-electron chi connectivity index (χ3n) is 7.93. The summed E-state index contributed by atoms with van der Waals surface area (Å²) >= 11 is 0. The summed E-state index contributed by atoms with van der Waals surface area (Å²) in [7, 11) is 1.97. The Kier molecular flexibility index (Phi) is 6.91. The molecule has 10 heteroatoms. The van der Waals surface area contributed by atoms with E-state index in [0.717, 1.165) is 0 Å². The number of rotatable bonds is 5. The van der Waals surface area contributed by atoms with E-state index in [4.69, 9.17) is 4.42 Å². The first-order valence-electron chi connectivity index (χ1n) is 13.6. The number of aromatic nitrogens is 1. The minimum Gasteiger partial charge on any atom is -0.504 e. The topological polar surface area (TPSA) is 147 Å². The highest BCUT2D eigenvalue weighted by molar-refractivity contribution is 5.94. The summed E-state index contributed by atoms with van der Waals surface area (Å²) < 4.78 is 6.17. The van der Waals surface area contributed by atoms with Gasteiger partial charge in [-0.3, -0.25) is 14.4 Å². The quantitative estimate of drug-likeness (QED) is 0.235. The lowest BCUT2D eigenvalue weighted by Crippen LogP contribution is -2.47. The van der Waals surface area contributed by atoms with Gasteiger partial charge in [0.1, 0.15) is 16.7 Å². The van der Waals surface area contributed by atoms with Crippen molar-refractivity contribution in [2.75, 3.05) is 33.2 Å². The number of likely N-dealkylation sites (N-methyl/N-ethyl adjacent to an activating group) is 1. The smallest absolute Gasteiger partial charge is 0.252 e. The number of aromatic amines is 1. The fourth-order valence-electron chi connectivity index (χ4n) is 5.59. The van der Waals surface area contributed by atoms with Gasteiger partial charge in [-0.15, -0.1) is 0 Å². The van der Waals surface area contributed by atoms with Crippen molar-refractivity contribution in [2.24, 2.45) is 0 Å². The summed E-state index contributed by atoms with van der Waals surface area (Å²) in [6.07, 6.45) is -0.267. The average Bonchev–Trinajstić information content (AvgIpc) is 2.99. The number of fused-ring (bicyclic) bond motifs is 2. The third-order valence-corrected chi connectivity index (χ3v) is 7.93. The van der Waals surface area contributed by atoms with Crippen LogP contribution in [0, 0.1) is 0 Å². The van der Waals surface area contributed by atoms with Gasteiger partial charge in [0, 0.05) is 66.8 Å². The molecule has 3 heterocycles. The number of nitrogens with one attached hydrogen (secondary N) is 1. The van der Waals surface area contributed by atoms with E-state index in [2.05, 4.69) is 9.88 Å².